The Labute approximate surface area is 247 Å². The van der Waals surface area contributed by atoms with E-state index in [0.29, 0.717) is 0 Å². The first-order chi connectivity index (χ1) is 24.1. The summed E-state index contributed by atoms with van der Waals surface area (Å²) in [6.07, 6.45) is -9.14. The maximum absolute atomic E-state index is 13.9. The number of carbonyl (C=O) groups is 2. The number of carbonyl (C=O) groups excluding carboxylic acids is 2. The maximum Gasteiger partial charge on any atom is 0.337 e. The molecule has 1 N–H and O–H groups in total. The van der Waals surface area contributed by atoms with Gasteiger partial charge in [-0.25, -0.2) is 17.9 Å². The van der Waals surface area contributed by atoms with Gasteiger partial charge in [-0.3, -0.25) is 4.79 Å². The predicted octanol–water partition coefficient (Wildman–Crippen LogP) is 4.90. The third-order valence-electron chi connectivity index (χ3n) is 5.47. The van der Waals surface area contributed by atoms with Crippen LogP contribution in [0.25, 0.3) is 0 Å². The van der Waals surface area contributed by atoms with E-state index in [2.05, 4.69) is 4.74 Å². The van der Waals surface area contributed by atoms with Crippen LogP contribution in [0.2, 0.25) is 0 Å². The lowest BCUT2D eigenvalue weighted by Crippen LogP contribution is -2.37. The van der Waals surface area contributed by atoms with Crippen LogP contribution >= 0.6 is 0 Å². The molecule has 1 aliphatic rings. The molecule has 1 atom stereocenters. The minimum atomic E-state index is -4.90. The minimum Gasteiger partial charge on any atom is -0.475 e. The van der Waals surface area contributed by atoms with Crippen molar-refractivity contribution in [3.8, 4) is 17.2 Å². The zero-order valence-corrected chi connectivity index (χ0v) is 21.0. The molecule has 1 heterocycles. The molecule has 1 aliphatic heterocycles. The van der Waals surface area contributed by atoms with Crippen LogP contribution in [0.3, 0.4) is 0 Å². The second-order valence-corrected chi connectivity index (χ2v) is 9.61. The van der Waals surface area contributed by atoms with Gasteiger partial charge in [-0.2, -0.15) is 0 Å². The van der Waals surface area contributed by atoms with Crippen LogP contribution < -0.4 is 18.9 Å². The summed E-state index contributed by atoms with van der Waals surface area (Å²) in [5.41, 5.74) is -1.92. The van der Waals surface area contributed by atoms with Crippen LogP contribution in [-0.2, 0) is 25.9 Å². The highest BCUT2D eigenvalue weighted by Crippen LogP contribution is 2.36. The molecule has 0 saturated heterocycles. The topological polar surface area (TPSA) is 117 Å². The van der Waals surface area contributed by atoms with Gasteiger partial charge in [0.25, 0.3) is 15.9 Å². The molecule has 3 aromatic rings. The molecule has 4 rings (SSSR count). The number of hydrogen-bond donors (Lipinski definition) is 1. The SMILES string of the molecule is [2H]C([2H])([2H])C([2H])([2H])C([2H])([2H])c1cc(C(=O)OC)ccc1OC(C(=O)NS(=O)(=O)c1ccc(C([2H])(C([2H])([2H])[2H])C([2H])([2H])[2H])cc1)c1ccc2c(c1)OCO2. The van der Waals surface area contributed by atoms with E-state index in [9.17, 15) is 18.0 Å². The third-order valence-corrected chi connectivity index (χ3v) is 6.83. The molecule has 206 valence electrons. The van der Waals surface area contributed by atoms with Crippen molar-refractivity contribution in [1.29, 1.82) is 0 Å². The Balaban J connectivity index is 1.81. The van der Waals surface area contributed by atoms with Crippen LogP contribution in [0, 0.1) is 0 Å². The molecular weight excluding hydrogens is 522 g/mol. The van der Waals surface area contributed by atoms with Gasteiger partial charge in [0.15, 0.2) is 11.5 Å². The van der Waals surface area contributed by atoms with Gasteiger partial charge in [0, 0.05) is 24.8 Å². The fraction of sp³-hybridized carbons (Fsp3) is 0.310. The molecule has 0 aromatic heterocycles. The number of benzene rings is 3. The lowest BCUT2D eigenvalue weighted by atomic mass is 10.0. The summed E-state index contributed by atoms with van der Waals surface area (Å²) in [5.74, 6) is -5.99. The maximum atomic E-state index is 13.9. The fourth-order valence-electron chi connectivity index (χ4n) is 3.56. The zero-order chi connectivity index (χ0) is 40.2. The van der Waals surface area contributed by atoms with E-state index < -0.39 is 89.0 Å². The Morgan fingerprint density at radius 2 is 1.79 bits per heavy atom. The Bertz CT molecular complexity index is 1980. The molecule has 39 heavy (non-hydrogen) atoms. The van der Waals surface area contributed by atoms with Gasteiger partial charge in [0.1, 0.15) is 5.75 Å². The Kier molecular flexibility index (Phi) is 4.51. The van der Waals surface area contributed by atoms with Gasteiger partial charge in [0.05, 0.1) is 17.6 Å². The van der Waals surface area contributed by atoms with E-state index in [1.165, 1.54) is 18.2 Å². The fourth-order valence-corrected chi connectivity index (χ4v) is 4.55. The molecule has 10 heteroatoms. The third kappa shape index (κ3) is 6.34. The number of aryl methyl sites for hydroxylation is 1. The quantitative estimate of drug-likeness (QED) is 0.344. The highest BCUT2D eigenvalue weighted by atomic mass is 32.2. The van der Waals surface area contributed by atoms with Crippen molar-refractivity contribution >= 4 is 21.9 Å². The second-order valence-electron chi connectivity index (χ2n) is 7.93. The van der Waals surface area contributed by atoms with Gasteiger partial charge >= 0.3 is 5.97 Å². The number of amides is 1. The van der Waals surface area contributed by atoms with Crippen molar-refractivity contribution in [2.45, 2.75) is 50.2 Å². The summed E-state index contributed by atoms with van der Waals surface area (Å²) in [5, 5.41) is 0. The molecule has 0 fully saturated rings. The smallest absolute Gasteiger partial charge is 0.337 e. The Morgan fingerprint density at radius 1 is 1.05 bits per heavy atom. The first kappa shape index (κ1) is 14.9. The first-order valence-electron chi connectivity index (χ1n) is 18.1. The molecule has 1 amide bonds. The summed E-state index contributed by atoms with van der Waals surface area (Å²) in [6, 6.07) is 9.71. The summed E-state index contributed by atoms with van der Waals surface area (Å²) in [6.45, 7) is -10.5. The highest BCUT2D eigenvalue weighted by Gasteiger charge is 2.30. The minimum absolute atomic E-state index is 0.0834. The summed E-state index contributed by atoms with van der Waals surface area (Å²) >= 11 is 0. The molecule has 0 aliphatic carbocycles. The van der Waals surface area contributed by atoms with E-state index >= 15 is 0 Å². The molecule has 0 radical (unpaired) electrons. The van der Waals surface area contributed by atoms with Gasteiger partial charge < -0.3 is 18.9 Å². The largest absolute Gasteiger partial charge is 0.475 e. The molecule has 0 saturated carbocycles. The lowest BCUT2D eigenvalue weighted by Gasteiger charge is -2.21. The van der Waals surface area contributed by atoms with E-state index in [1.54, 1.807) is 4.72 Å². The van der Waals surface area contributed by atoms with E-state index in [-0.39, 0.29) is 29.4 Å². The van der Waals surface area contributed by atoms with Crippen LogP contribution in [0.4, 0.5) is 0 Å². The monoisotopic (exact) mass is 567 g/mol. The molecular formula is C29H31NO8S. The number of hydrogen-bond acceptors (Lipinski definition) is 8. The predicted molar refractivity (Wildman–Crippen MR) is 144 cm³/mol. The Morgan fingerprint density at radius 3 is 2.51 bits per heavy atom. The average molecular weight is 568 g/mol. The van der Waals surface area contributed by atoms with Crippen molar-refractivity contribution in [2.24, 2.45) is 0 Å². The molecule has 3 aromatic carbocycles. The van der Waals surface area contributed by atoms with E-state index in [0.717, 1.165) is 49.6 Å². The lowest BCUT2D eigenvalue weighted by molar-refractivity contribution is -0.126. The van der Waals surface area contributed by atoms with Crippen molar-refractivity contribution in [3.63, 3.8) is 0 Å². The average Bonchev–Trinajstić information content (AvgIpc) is 3.52. The summed E-state index contributed by atoms with van der Waals surface area (Å²) in [4.78, 5) is 25.6. The number of rotatable bonds is 10. The molecule has 1 unspecified atom stereocenters. The first-order valence-corrected chi connectivity index (χ1v) is 12.5. The van der Waals surface area contributed by atoms with Crippen LogP contribution in [0.15, 0.2) is 65.6 Å². The number of nitrogens with one attached hydrogen (secondary N) is 1. The normalized spacial score (nSPS) is 20.4. The number of methoxy groups -OCH3 is 1. The molecule has 9 nitrogen and oxygen atoms in total. The second kappa shape index (κ2) is 11.8. The number of ether oxygens (including phenoxy) is 4. The van der Waals surface area contributed by atoms with Crippen molar-refractivity contribution in [2.75, 3.05) is 13.9 Å². The van der Waals surface area contributed by atoms with Gasteiger partial charge in [-0.15, -0.1) is 0 Å². The van der Waals surface area contributed by atoms with Crippen molar-refractivity contribution < 1.29 is 56.1 Å². The van der Waals surface area contributed by atoms with Crippen LogP contribution in [-0.4, -0.2) is 34.2 Å². The Hall–Kier alpha value is -4.05. The van der Waals surface area contributed by atoms with Gasteiger partial charge in [-0.1, -0.05) is 45.1 Å². The number of esters is 1. The van der Waals surface area contributed by atoms with Crippen LogP contribution in [0.5, 0.6) is 17.2 Å². The summed E-state index contributed by atoms with van der Waals surface area (Å²) in [7, 11) is -3.90. The van der Waals surface area contributed by atoms with Crippen LogP contribution in [0.1, 0.15) is 85.2 Å². The highest BCUT2D eigenvalue weighted by molar-refractivity contribution is 7.90. The molecule has 0 bridgehead atoms. The zero-order valence-electron chi connectivity index (χ0n) is 34.2. The van der Waals surface area contributed by atoms with Gasteiger partial charge in [-0.05, 0) is 65.9 Å². The van der Waals surface area contributed by atoms with E-state index in [4.69, 9.17) is 33.4 Å². The number of fused-ring (bicyclic) bond motifs is 1. The number of sulfonamides is 1. The molecule has 0 spiro atoms. The van der Waals surface area contributed by atoms with Crippen molar-refractivity contribution in [3.05, 3.63) is 82.9 Å². The van der Waals surface area contributed by atoms with E-state index in [1.807, 2.05) is 0 Å². The standard InChI is InChI=1S/C29H31NO8S/c1-5-6-20-15-22(29(32)35-4)10-13-24(20)38-27(21-9-14-25-26(16-21)37-17-36-25)28(31)30-39(33,34)23-11-7-19(8-12-23)18(2)3/h7-16,18,27H,5-6,17H2,1-4H3,(H,30,31)/i1D3,2D3,3D3,5D2,6D2,18D. The summed E-state index contributed by atoms with van der Waals surface area (Å²) < 4.78 is 161. The van der Waals surface area contributed by atoms with Crippen molar-refractivity contribution in [1.82, 2.24) is 4.72 Å². The van der Waals surface area contributed by atoms with Gasteiger partial charge in [0.2, 0.25) is 12.9 Å².